The predicted molar refractivity (Wildman–Crippen MR) is 70.6 cm³/mol. The molecule has 0 heterocycles. The Bertz CT molecular complexity index is 338. The van der Waals surface area contributed by atoms with Crippen molar-refractivity contribution in [3.05, 3.63) is 48.6 Å². The standard InChI is InChI=1S/C16H22/c1-3-11-16(4-2)12-10-15(13-16)14-8-6-5-7-9-14/h4-9,15H,2-3,10-13H2,1H3. The first-order valence-electron chi connectivity index (χ1n) is 6.48. The number of rotatable bonds is 4. The summed E-state index contributed by atoms with van der Waals surface area (Å²) in [6, 6.07) is 11.0. The Balaban J connectivity index is 2.10. The molecular weight excluding hydrogens is 192 g/mol. The van der Waals surface area contributed by atoms with E-state index in [1.807, 2.05) is 0 Å². The van der Waals surface area contributed by atoms with Crippen LogP contribution in [0.15, 0.2) is 43.0 Å². The largest absolute Gasteiger partial charge is 0.103 e. The Morgan fingerprint density at radius 1 is 1.38 bits per heavy atom. The topological polar surface area (TPSA) is 0 Å². The quantitative estimate of drug-likeness (QED) is 0.624. The Kier molecular flexibility index (Phi) is 3.48. The smallest absolute Gasteiger partial charge is 0.0115 e. The third-order valence-electron chi connectivity index (χ3n) is 4.10. The van der Waals surface area contributed by atoms with Crippen molar-refractivity contribution in [2.24, 2.45) is 5.41 Å². The molecular formula is C16H22. The van der Waals surface area contributed by atoms with E-state index in [1.165, 1.54) is 37.7 Å². The molecule has 1 aromatic carbocycles. The van der Waals surface area contributed by atoms with Crippen LogP contribution in [0.3, 0.4) is 0 Å². The number of allylic oxidation sites excluding steroid dienone is 1. The number of hydrogen-bond donors (Lipinski definition) is 0. The lowest BCUT2D eigenvalue weighted by atomic mass is 9.80. The molecule has 0 heteroatoms. The van der Waals surface area contributed by atoms with Crippen LogP contribution in [0.2, 0.25) is 0 Å². The molecule has 0 amide bonds. The summed E-state index contributed by atoms with van der Waals surface area (Å²) >= 11 is 0. The van der Waals surface area contributed by atoms with E-state index in [4.69, 9.17) is 0 Å². The summed E-state index contributed by atoms with van der Waals surface area (Å²) in [5.74, 6) is 0.755. The van der Waals surface area contributed by atoms with Crippen molar-refractivity contribution >= 4 is 0 Å². The minimum absolute atomic E-state index is 0.426. The Morgan fingerprint density at radius 3 is 2.75 bits per heavy atom. The fourth-order valence-corrected chi connectivity index (χ4v) is 3.18. The molecule has 1 aromatic rings. The molecule has 0 radical (unpaired) electrons. The second-order valence-electron chi connectivity index (χ2n) is 5.17. The van der Waals surface area contributed by atoms with Gasteiger partial charge >= 0.3 is 0 Å². The van der Waals surface area contributed by atoms with Crippen LogP contribution < -0.4 is 0 Å². The first-order chi connectivity index (χ1) is 7.79. The van der Waals surface area contributed by atoms with Gasteiger partial charge in [0.1, 0.15) is 0 Å². The number of benzene rings is 1. The van der Waals surface area contributed by atoms with Crippen molar-refractivity contribution in [1.82, 2.24) is 0 Å². The molecule has 0 aliphatic heterocycles. The third-order valence-corrected chi connectivity index (χ3v) is 4.10. The molecule has 2 unspecified atom stereocenters. The summed E-state index contributed by atoms with van der Waals surface area (Å²) in [5, 5.41) is 0. The third kappa shape index (κ3) is 2.21. The monoisotopic (exact) mass is 214 g/mol. The summed E-state index contributed by atoms with van der Waals surface area (Å²) in [6.07, 6.45) is 8.75. The SMILES string of the molecule is C=CC1(CCC)CCC(c2ccccc2)C1. The van der Waals surface area contributed by atoms with Crippen molar-refractivity contribution in [3.63, 3.8) is 0 Å². The van der Waals surface area contributed by atoms with Gasteiger partial charge < -0.3 is 0 Å². The molecule has 1 saturated carbocycles. The Hall–Kier alpha value is -1.04. The van der Waals surface area contributed by atoms with Gasteiger partial charge in [-0.3, -0.25) is 0 Å². The highest BCUT2D eigenvalue weighted by atomic mass is 14.4. The van der Waals surface area contributed by atoms with Crippen LogP contribution in [0.25, 0.3) is 0 Å². The zero-order valence-electron chi connectivity index (χ0n) is 10.3. The maximum absolute atomic E-state index is 4.06. The lowest BCUT2D eigenvalue weighted by Gasteiger charge is -2.24. The van der Waals surface area contributed by atoms with Crippen LogP contribution in [0.1, 0.15) is 50.5 Å². The Labute approximate surface area is 99.4 Å². The van der Waals surface area contributed by atoms with Crippen LogP contribution in [0.4, 0.5) is 0 Å². The predicted octanol–water partition coefficient (Wildman–Crippen LogP) is 4.93. The first kappa shape index (κ1) is 11.4. The van der Waals surface area contributed by atoms with E-state index in [2.05, 4.69) is 49.9 Å². The van der Waals surface area contributed by atoms with Crippen molar-refractivity contribution in [2.75, 3.05) is 0 Å². The van der Waals surface area contributed by atoms with Gasteiger partial charge in [0.2, 0.25) is 0 Å². The van der Waals surface area contributed by atoms with E-state index in [0.29, 0.717) is 5.41 Å². The summed E-state index contributed by atoms with van der Waals surface area (Å²) in [7, 11) is 0. The maximum Gasteiger partial charge on any atom is -0.0115 e. The molecule has 1 aliphatic rings. The molecule has 0 N–H and O–H groups in total. The molecule has 1 aliphatic carbocycles. The molecule has 0 nitrogen and oxygen atoms in total. The van der Waals surface area contributed by atoms with E-state index in [0.717, 1.165) is 5.92 Å². The van der Waals surface area contributed by atoms with E-state index in [1.54, 1.807) is 0 Å². The Morgan fingerprint density at radius 2 is 2.12 bits per heavy atom. The van der Waals surface area contributed by atoms with Gasteiger partial charge in [-0.1, -0.05) is 49.8 Å². The van der Waals surface area contributed by atoms with Crippen LogP contribution in [-0.2, 0) is 0 Å². The number of hydrogen-bond acceptors (Lipinski definition) is 0. The average molecular weight is 214 g/mol. The molecule has 0 saturated heterocycles. The lowest BCUT2D eigenvalue weighted by molar-refractivity contribution is 0.355. The van der Waals surface area contributed by atoms with E-state index in [-0.39, 0.29) is 0 Å². The summed E-state index contributed by atoms with van der Waals surface area (Å²) in [5.41, 5.74) is 1.94. The summed E-state index contributed by atoms with van der Waals surface area (Å²) < 4.78 is 0. The van der Waals surface area contributed by atoms with Gasteiger partial charge in [-0.15, -0.1) is 6.58 Å². The fourth-order valence-electron chi connectivity index (χ4n) is 3.18. The van der Waals surface area contributed by atoms with Gasteiger partial charge in [0.15, 0.2) is 0 Å². The molecule has 0 aromatic heterocycles. The first-order valence-corrected chi connectivity index (χ1v) is 6.48. The highest BCUT2D eigenvalue weighted by Crippen LogP contribution is 2.49. The zero-order valence-corrected chi connectivity index (χ0v) is 10.3. The van der Waals surface area contributed by atoms with E-state index in [9.17, 15) is 0 Å². The lowest BCUT2D eigenvalue weighted by Crippen LogP contribution is -2.12. The zero-order chi connectivity index (χ0) is 11.4. The van der Waals surface area contributed by atoms with Gasteiger partial charge in [-0.25, -0.2) is 0 Å². The van der Waals surface area contributed by atoms with E-state index >= 15 is 0 Å². The molecule has 2 rings (SSSR count). The van der Waals surface area contributed by atoms with Crippen molar-refractivity contribution in [3.8, 4) is 0 Å². The normalized spacial score (nSPS) is 29.2. The van der Waals surface area contributed by atoms with Crippen LogP contribution in [0, 0.1) is 5.41 Å². The van der Waals surface area contributed by atoms with Crippen LogP contribution in [-0.4, -0.2) is 0 Å². The van der Waals surface area contributed by atoms with Gasteiger partial charge in [-0.2, -0.15) is 0 Å². The van der Waals surface area contributed by atoms with Crippen molar-refractivity contribution in [2.45, 2.75) is 44.9 Å². The highest BCUT2D eigenvalue weighted by molar-refractivity contribution is 5.22. The molecule has 2 atom stereocenters. The fraction of sp³-hybridized carbons (Fsp3) is 0.500. The van der Waals surface area contributed by atoms with Crippen LogP contribution in [0.5, 0.6) is 0 Å². The minimum Gasteiger partial charge on any atom is -0.103 e. The average Bonchev–Trinajstić information content (AvgIpc) is 2.76. The second kappa shape index (κ2) is 4.86. The molecule has 86 valence electrons. The van der Waals surface area contributed by atoms with Gasteiger partial charge in [0, 0.05) is 0 Å². The van der Waals surface area contributed by atoms with Gasteiger partial charge in [0.25, 0.3) is 0 Å². The molecule has 0 spiro atoms. The maximum atomic E-state index is 4.06. The second-order valence-corrected chi connectivity index (χ2v) is 5.17. The van der Waals surface area contributed by atoms with Crippen LogP contribution >= 0.6 is 0 Å². The van der Waals surface area contributed by atoms with Crippen molar-refractivity contribution in [1.29, 1.82) is 0 Å². The van der Waals surface area contributed by atoms with Crippen molar-refractivity contribution < 1.29 is 0 Å². The van der Waals surface area contributed by atoms with Gasteiger partial charge in [0.05, 0.1) is 0 Å². The van der Waals surface area contributed by atoms with E-state index < -0.39 is 0 Å². The summed E-state index contributed by atoms with van der Waals surface area (Å²) in [6.45, 7) is 6.34. The molecule has 0 bridgehead atoms. The highest BCUT2D eigenvalue weighted by Gasteiger charge is 2.36. The minimum atomic E-state index is 0.426. The summed E-state index contributed by atoms with van der Waals surface area (Å²) in [4.78, 5) is 0. The van der Waals surface area contributed by atoms with Gasteiger partial charge in [-0.05, 0) is 42.6 Å². The molecule has 16 heavy (non-hydrogen) atoms. The molecule has 1 fully saturated rings.